The maximum Gasteiger partial charge on any atom is 0.138 e. The molecule has 0 aliphatic rings. The Morgan fingerprint density at radius 1 is 0.552 bits per heavy atom. The molecule has 147 valence electrons. The van der Waals surface area contributed by atoms with Crippen LogP contribution < -0.4 is 53.8 Å². The fourth-order valence-corrected chi connectivity index (χ4v) is 3.04. The molecular weight excluding hydrogens is 486 g/mol. The van der Waals surface area contributed by atoms with Crippen LogP contribution in [-0.2, 0) is 20.4 Å². The predicted octanol–water partition coefficient (Wildman–Crippen LogP) is -8.02. The first kappa shape index (κ1) is 27.5. The summed E-state index contributed by atoms with van der Waals surface area (Å²) in [5.41, 5.74) is 5.36. The third-order valence-corrected chi connectivity index (χ3v) is 4.20. The molecule has 2 aromatic heterocycles. The largest absolute Gasteiger partial charge is 0.338 e. The summed E-state index contributed by atoms with van der Waals surface area (Å²) < 4.78 is 0.973. The Hall–Kier alpha value is -1.53. The fraction of sp³-hybridized carbons (Fsp3) is 0. The molecule has 0 aliphatic carbocycles. The average molecular weight is 501 g/mol. The van der Waals surface area contributed by atoms with Gasteiger partial charge in [-0.1, -0.05) is 42.5 Å². The van der Waals surface area contributed by atoms with E-state index in [0.29, 0.717) is 0 Å². The van der Waals surface area contributed by atoms with Crippen LogP contribution in [0.1, 0.15) is 0 Å². The monoisotopic (exact) mass is 499 g/mol. The van der Waals surface area contributed by atoms with Gasteiger partial charge >= 0.3 is 69.8 Å². The molecule has 4 nitrogen and oxygen atoms in total. The molecule has 2 N–H and O–H groups in total. The number of H-pyrrole nitrogens is 2. The molecule has 3 aromatic carbocycles. The molecule has 5 aromatic rings. The quantitative estimate of drug-likeness (QED) is 0.225. The van der Waals surface area contributed by atoms with Crippen LogP contribution in [0.15, 0.2) is 78.9 Å². The Bertz CT molecular complexity index is 1060. The first-order chi connectivity index (χ1) is 12.3. The minimum Gasteiger partial charge on any atom is -0.338 e. The van der Waals surface area contributed by atoms with Crippen LogP contribution in [0.4, 0.5) is 0 Å². The Balaban J connectivity index is 0.000000502. The number of rotatable bonds is 1. The van der Waals surface area contributed by atoms with E-state index in [-0.39, 0.29) is 49.6 Å². The smallest absolute Gasteiger partial charge is 0.138 e. The van der Waals surface area contributed by atoms with Crippen molar-refractivity contribution in [2.24, 2.45) is 0 Å². The number of fused-ring (bicyclic) bond motifs is 2. The molecule has 0 saturated carbocycles. The van der Waals surface area contributed by atoms with Gasteiger partial charge in [0.05, 0.1) is 11.0 Å². The second kappa shape index (κ2) is 12.9. The van der Waals surface area contributed by atoms with Gasteiger partial charge in [0.15, 0.2) is 0 Å². The van der Waals surface area contributed by atoms with Gasteiger partial charge in [-0.05, 0) is 12.1 Å². The van der Waals surface area contributed by atoms with Crippen molar-refractivity contribution in [3.05, 3.63) is 78.9 Å². The van der Waals surface area contributed by atoms with Gasteiger partial charge < -0.3 is 54.6 Å². The Morgan fingerprint density at radius 2 is 1.03 bits per heavy atom. The summed E-state index contributed by atoms with van der Waals surface area (Å²) in [7, 11) is 0. The molecule has 0 bridgehead atoms. The van der Waals surface area contributed by atoms with E-state index >= 15 is 0 Å². The first-order valence-corrected chi connectivity index (χ1v) is 8.74. The third-order valence-electron chi connectivity index (χ3n) is 3.83. The maximum atomic E-state index is 4.53. The molecule has 0 radical (unpaired) electrons. The van der Waals surface area contributed by atoms with E-state index in [1.54, 1.807) is 0 Å². The zero-order valence-corrected chi connectivity index (χ0v) is 19.5. The number of aromatic amines is 2. The molecule has 0 amide bonds. The van der Waals surface area contributed by atoms with Gasteiger partial charge in [0.1, 0.15) is 5.82 Å². The van der Waals surface area contributed by atoms with Crippen molar-refractivity contribution in [3.63, 3.8) is 0 Å². The number of halogens is 4. The van der Waals surface area contributed by atoms with Crippen LogP contribution in [0.5, 0.6) is 0 Å². The molecule has 5 rings (SSSR count). The van der Waals surface area contributed by atoms with Crippen molar-refractivity contribution < 1.29 is 70.1 Å². The van der Waals surface area contributed by atoms with E-state index in [1.807, 2.05) is 87.2 Å². The number of hydrogen-bond donors (Lipinski definition) is 2. The standard InChI is InChI=1S/C13H10N2.C7H5N2.4ClH.Ti/c1-2-6-10(7-3-1)13-14-11-8-4-5-9-12(11)15-13;1-2-4-7-6(3-1)8-5-9-7;;;;;/h1-9H,(H,14,15);1-4H,(H,8,9);4*1H;/q;;;;;;+4/p-4. The number of aromatic nitrogens is 4. The van der Waals surface area contributed by atoms with Crippen molar-refractivity contribution >= 4 is 26.2 Å². The van der Waals surface area contributed by atoms with Crippen LogP contribution in [0, 0.1) is 0 Å². The van der Waals surface area contributed by atoms with Gasteiger partial charge in [-0.25, -0.2) is 4.98 Å². The number of benzene rings is 3. The summed E-state index contributed by atoms with van der Waals surface area (Å²) in [6.45, 7) is 0. The van der Waals surface area contributed by atoms with Crippen molar-refractivity contribution in [1.29, 1.82) is 0 Å². The van der Waals surface area contributed by atoms with Crippen molar-refractivity contribution in [3.8, 4) is 11.4 Å². The number of nitrogens with zero attached hydrogens (tertiary/aromatic N) is 2. The van der Waals surface area contributed by atoms with Gasteiger partial charge in [-0.2, -0.15) is 0 Å². The summed E-state index contributed by atoms with van der Waals surface area (Å²) in [5, 5.41) is 0. The molecule has 0 atom stereocenters. The Labute approximate surface area is 205 Å². The topological polar surface area (TPSA) is 57.4 Å². The minimum absolute atomic E-state index is 0. The molecule has 0 saturated heterocycles. The molecule has 0 unspecified atom stereocenters. The van der Waals surface area contributed by atoms with Crippen molar-refractivity contribution in [2.75, 3.05) is 0 Å². The zero-order chi connectivity index (χ0) is 17.1. The van der Waals surface area contributed by atoms with Crippen LogP contribution in [0.3, 0.4) is 0 Å². The van der Waals surface area contributed by atoms with Gasteiger partial charge in [0, 0.05) is 5.56 Å². The van der Waals surface area contributed by atoms with Crippen LogP contribution >= 0.6 is 0 Å². The van der Waals surface area contributed by atoms with Crippen LogP contribution in [-0.4, -0.2) is 19.9 Å². The third kappa shape index (κ3) is 6.75. The van der Waals surface area contributed by atoms with E-state index in [0.717, 1.165) is 37.6 Å². The summed E-state index contributed by atoms with van der Waals surface area (Å²) >= 11 is 1.96. The van der Waals surface area contributed by atoms with Gasteiger partial charge in [0.2, 0.25) is 0 Å². The molecule has 0 spiro atoms. The number of nitrogens with one attached hydrogen (secondary N) is 2. The SMILES string of the molecule is [Cl-].[Cl-].[Cl-].[Cl-].[Ti+4][c]1nc2ccccc2[nH]1.c1ccc(-c2nc3ccccc3[nH]2)cc1. The normalized spacial score (nSPS) is 9.17. The Kier molecular flexibility index (Phi) is 12.2. The summed E-state index contributed by atoms with van der Waals surface area (Å²) in [4.78, 5) is 15.2. The second-order valence-electron chi connectivity index (χ2n) is 5.57. The molecule has 29 heavy (non-hydrogen) atoms. The summed E-state index contributed by atoms with van der Waals surface area (Å²) in [6, 6.07) is 26.2. The van der Waals surface area contributed by atoms with Crippen molar-refractivity contribution in [1.82, 2.24) is 19.9 Å². The fourth-order valence-electron chi connectivity index (χ4n) is 2.64. The van der Waals surface area contributed by atoms with E-state index in [4.69, 9.17) is 0 Å². The molecular formula is C20H15Cl4N4Ti. The van der Waals surface area contributed by atoms with E-state index < -0.39 is 0 Å². The maximum absolute atomic E-state index is 4.53. The molecule has 0 aliphatic heterocycles. The summed E-state index contributed by atoms with van der Waals surface area (Å²) in [5.74, 6) is 0.928. The van der Waals surface area contributed by atoms with E-state index in [1.165, 1.54) is 0 Å². The average Bonchev–Trinajstić information content (AvgIpc) is 3.25. The summed E-state index contributed by atoms with van der Waals surface area (Å²) in [6.07, 6.45) is 0. The van der Waals surface area contributed by atoms with E-state index in [2.05, 4.69) is 32.1 Å². The number of para-hydroxylation sites is 4. The second-order valence-corrected chi connectivity index (χ2v) is 6.31. The van der Waals surface area contributed by atoms with Crippen molar-refractivity contribution in [2.45, 2.75) is 0 Å². The van der Waals surface area contributed by atoms with Gasteiger partial charge in [0.25, 0.3) is 0 Å². The molecule has 2 heterocycles. The van der Waals surface area contributed by atoms with Gasteiger partial charge in [-0.3, -0.25) is 0 Å². The number of imidazole rings is 2. The zero-order valence-electron chi connectivity index (χ0n) is 14.9. The number of hydrogen-bond acceptors (Lipinski definition) is 2. The molecule has 0 fully saturated rings. The molecule has 9 heteroatoms. The van der Waals surface area contributed by atoms with Crippen LogP contribution in [0.2, 0.25) is 0 Å². The van der Waals surface area contributed by atoms with E-state index in [9.17, 15) is 0 Å². The van der Waals surface area contributed by atoms with Gasteiger partial charge in [-0.15, -0.1) is 0 Å². The van der Waals surface area contributed by atoms with Crippen LogP contribution in [0.25, 0.3) is 33.5 Å². The predicted molar refractivity (Wildman–Crippen MR) is 97.3 cm³/mol. The Morgan fingerprint density at radius 3 is 1.59 bits per heavy atom. The minimum atomic E-state index is 0. The first-order valence-electron chi connectivity index (χ1n) is 7.96.